The first-order valence-electron chi connectivity index (χ1n) is 9.19. The van der Waals surface area contributed by atoms with Gasteiger partial charge in [-0.3, -0.25) is 0 Å². The zero-order valence-electron chi connectivity index (χ0n) is 17.4. The smallest absolute Gasteiger partial charge is 0.397 e. The van der Waals surface area contributed by atoms with Gasteiger partial charge in [0.05, 0.1) is 21.4 Å². The van der Waals surface area contributed by atoms with Gasteiger partial charge in [-0.15, -0.1) is 0 Å². The molecular formula is C19H12Cl2F12N2O2. The van der Waals surface area contributed by atoms with Crippen molar-refractivity contribution in [3.8, 4) is 0 Å². The van der Waals surface area contributed by atoms with Crippen LogP contribution in [-0.4, -0.2) is 34.9 Å². The van der Waals surface area contributed by atoms with Gasteiger partial charge in [0, 0.05) is 11.1 Å². The molecule has 2 rings (SSSR count). The molecule has 0 aliphatic rings. The molecule has 6 N–H and O–H groups in total. The number of aliphatic hydroxyl groups is 2. The van der Waals surface area contributed by atoms with E-state index in [1.165, 1.54) is 0 Å². The Hall–Kier alpha value is -2.30. The highest BCUT2D eigenvalue weighted by Crippen LogP contribution is 2.54. The zero-order chi connectivity index (χ0) is 29.2. The molecule has 18 heteroatoms. The topological polar surface area (TPSA) is 92.5 Å². The van der Waals surface area contributed by atoms with Gasteiger partial charge in [0.25, 0.3) is 11.2 Å². The Balaban J connectivity index is 2.80. The van der Waals surface area contributed by atoms with E-state index in [0.29, 0.717) is 12.1 Å². The van der Waals surface area contributed by atoms with Gasteiger partial charge in [-0.05, 0) is 41.8 Å². The number of hydrogen-bond donors (Lipinski definition) is 4. The molecule has 4 nitrogen and oxygen atoms in total. The number of anilines is 2. The highest BCUT2D eigenvalue weighted by Gasteiger charge is 2.73. The number of nitrogens with two attached hydrogens (primary N) is 2. The first-order valence-corrected chi connectivity index (χ1v) is 9.94. The van der Waals surface area contributed by atoms with Crippen LogP contribution in [0.25, 0.3) is 0 Å². The van der Waals surface area contributed by atoms with E-state index in [-0.39, 0.29) is 12.1 Å². The monoisotopic (exact) mass is 598 g/mol. The summed E-state index contributed by atoms with van der Waals surface area (Å²) in [7, 11) is 0. The quantitative estimate of drug-likeness (QED) is 0.243. The maximum Gasteiger partial charge on any atom is 0.430 e. The molecule has 0 aliphatic carbocycles. The summed E-state index contributed by atoms with van der Waals surface area (Å²) in [5, 5.41) is 17.4. The Morgan fingerprint density at radius 3 is 1.00 bits per heavy atom. The number of alkyl halides is 12. The molecule has 0 amide bonds. The van der Waals surface area contributed by atoms with E-state index in [1.54, 1.807) is 0 Å². The maximum absolute atomic E-state index is 13.3. The van der Waals surface area contributed by atoms with Crippen molar-refractivity contribution >= 4 is 34.6 Å². The minimum Gasteiger partial charge on any atom is -0.397 e. The Morgan fingerprint density at radius 1 is 0.541 bits per heavy atom. The van der Waals surface area contributed by atoms with E-state index < -0.39 is 86.0 Å². The van der Waals surface area contributed by atoms with Gasteiger partial charge in [0.15, 0.2) is 0 Å². The fourth-order valence-electron chi connectivity index (χ4n) is 3.32. The van der Waals surface area contributed by atoms with Crippen LogP contribution in [0.3, 0.4) is 0 Å². The van der Waals surface area contributed by atoms with Crippen molar-refractivity contribution in [2.45, 2.75) is 42.3 Å². The van der Waals surface area contributed by atoms with Crippen molar-refractivity contribution in [3.05, 3.63) is 56.6 Å². The molecule has 0 saturated heterocycles. The first-order chi connectivity index (χ1) is 16.3. The van der Waals surface area contributed by atoms with Crippen molar-refractivity contribution in [1.29, 1.82) is 0 Å². The van der Waals surface area contributed by atoms with Gasteiger partial charge in [0.2, 0.25) is 0 Å². The highest BCUT2D eigenvalue weighted by atomic mass is 35.5. The van der Waals surface area contributed by atoms with Crippen molar-refractivity contribution in [3.63, 3.8) is 0 Å². The second-order valence-corrected chi connectivity index (χ2v) is 8.48. The van der Waals surface area contributed by atoms with Crippen molar-refractivity contribution in [2.24, 2.45) is 0 Å². The minimum absolute atomic E-state index is 0.0614. The summed E-state index contributed by atoms with van der Waals surface area (Å²) in [5.41, 5.74) is -8.73. The lowest BCUT2D eigenvalue weighted by Crippen LogP contribution is -2.54. The molecule has 0 fully saturated rings. The molecule has 0 aliphatic heterocycles. The summed E-state index contributed by atoms with van der Waals surface area (Å²) < 4.78 is 160. The average Bonchev–Trinajstić information content (AvgIpc) is 2.68. The SMILES string of the molecule is Nc1c(Cl)cc(Cc2cc(Cl)c(N)c(C(O)(C(F)(F)F)C(F)(F)F)c2)cc1C(O)(C(F)(F)F)C(F)(F)F. The molecule has 0 bridgehead atoms. The summed E-state index contributed by atoms with van der Waals surface area (Å²) in [4.78, 5) is 0. The summed E-state index contributed by atoms with van der Waals surface area (Å²) in [6.45, 7) is 0. The average molecular weight is 599 g/mol. The van der Waals surface area contributed by atoms with Crippen molar-refractivity contribution < 1.29 is 62.9 Å². The van der Waals surface area contributed by atoms with Crippen LogP contribution in [0.5, 0.6) is 0 Å². The minimum atomic E-state index is -6.39. The molecule has 0 atom stereocenters. The molecule has 0 aromatic heterocycles. The van der Waals surface area contributed by atoms with E-state index >= 15 is 0 Å². The number of rotatable bonds is 4. The van der Waals surface area contributed by atoms with Crippen LogP contribution >= 0.6 is 23.2 Å². The fraction of sp³-hybridized carbons (Fsp3) is 0.368. The normalized spacial score (nSPS) is 14.3. The van der Waals surface area contributed by atoms with Crippen LogP contribution in [-0.2, 0) is 17.6 Å². The van der Waals surface area contributed by atoms with E-state index in [4.69, 9.17) is 34.7 Å². The summed E-state index contributed by atoms with van der Waals surface area (Å²) in [5.74, 6) is 0. The Bertz CT molecular complexity index is 1070. The van der Waals surface area contributed by atoms with Gasteiger partial charge < -0.3 is 21.7 Å². The summed E-state index contributed by atoms with van der Waals surface area (Å²) in [6.07, 6.45) is -26.6. The molecule has 37 heavy (non-hydrogen) atoms. The van der Waals surface area contributed by atoms with Gasteiger partial charge in [-0.2, -0.15) is 52.7 Å². The number of halogens is 14. The predicted molar refractivity (Wildman–Crippen MR) is 107 cm³/mol. The largest absolute Gasteiger partial charge is 0.430 e. The second kappa shape index (κ2) is 9.17. The molecule has 0 saturated carbocycles. The maximum atomic E-state index is 13.3. The zero-order valence-corrected chi connectivity index (χ0v) is 18.9. The van der Waals surface area contributed by atoms with Gasteiger partial charge in [-0.1, -0.05) is 23.2 Å². The number of nitrogen functional groups attached to an aromatic ring is 2. The predicted octanol–water partition coefficient (Wildman–Crippen LogP) is 6.37. The van der Waals surface area contributed by atoms with Crippen molar-refractivity contribution in [2.75, 3.05) is 11.5 Å². The lowest BCUT2D eigenvalue weighted by molar-refractivity contribution is -0.376. The van der Waals surface area contributed by atoms with Crippen LogP contribution in [0.15, 0.2) is 24.3 Å². The van der Waals surface area contributed by atoms with E-state index in [1.807, 2.05) is 0 Å². The van der Waals surface area contributed by atoms with Crippen LogP contribution in [0.4, 0.5) is 64.1 Å². The third-order valence-electron chi connectivity index (χ3n) is 5.21. The highest BCUT2D eigenvalue weighted by molar-refractivity contribution is 6.33. The Morgan fingerprint density at radius 2 is 0.784 bits per heavy atom. The van der Waals surface area contributed by atoms with Crippen molar-refractivity contribution in [1.82, 2.24) is 0 Å². The fourth-order valence-corrected chi connectivity index (χ4v) is 3.80. The molecule has 0 unspecified atom stereocenters. The second-order valence-electron chi connectivity index (χ2n) is 7.67. The Labute approximate surface area is 208 Å². The van der Waals surface area contributed by atoms with E-state index in [9.17, 15) is 62.9 Å². The number of benzene rings is 2. The Kier molecular flexibility index (Phi) is 7.66. The van der Waals surface area contributed by atoms with Crippen LogP contribution in [0.2, 0.25) is 10.0 Å². The molecule has 0 heterocycles. The van der Waals surface area contributed by atoms with Crippen LogP contribution < -0.4 is 11.5 Å². The molecule has 2 aromatic rings. The van der Waals surface area contributed by atoms with E-state index in [0.717, 1.165) is 0 Å². The van der Waals surface area contributed by atoms with Gasteiger partial charge in [0.1, 0.15) is 0 Å². The lowest BCUT2D eigenvalue weighted by Gasteiger charge is -2.34. The van der Waals surface area contributed by atoms with Crippen LogP contribution in [0.1, 0.15) is 22.3 Å². The molecule has 0 radical (unpaired) electrons. The van der Waals surface area contributed by atoms with Gasteiger partial charge in [-0.25, -0.2) is 0 Å². The third kappa shape index (κ3) is 5.07. The number of hydrogen-bond acceptors (Lipinski definition) is 4. The van der Waals surface area contributed by atoms with E-state index in [2.05, 4.69) is 0 Å². The first kappa shape index (κ1) is 30.9. The molecule has 208 valence electrons. The standard InChI is InChI=1S/C19H12Cl2F12N2O2/c20-10-4-6(2-8(12(10)34)14(36,16(22,23)24)17(25,26)27)1-7-3-9(13(35)11(21)5-7)15(37,18(28,29)30)19(31,32)33/h2-5,36-37H,1,34-35H2. The molecule has 2 aromatic carbocycles. The van der Waals surface area contributed by atoms with Gasteiger partial charge >= 0.3 is 24.7 Å². The third-order valence-corrected chi connectivity index (χ3v) is 5.83. The lowest BCUT2D eigenvalue weighted by atomic mass is 9.86. The summed E-state index contributed by atoms with van der Waals surface area (Å²) >= 11 is 11.2. The molecular weight excluding hydrogens is 587 g/mol. The van der Waals surface area contributed by atoms with Crippen LogP contribution in [0, 0.1) is 0 Å². The summed E-state index contributed by atoms with van der Waals surface area (Å²) in [6, 6.07) is 1.42. The molecule has 0 spiro atoms.